The van der Waals surface area contributed by atoms with Crippen LogP contribution in [-0.2, 0) is 0 Å². The zero-order chi connectivity index (χ0) is 19.8. The number of rotatable bonds is 3. The monoisotopic (exact) mass is 390 g/mol. The largest absolute Gasteiger partial charge is 0.486 e. The molecule has 2 heterocycles. The number of ether oxygens (including phenoxy) is 2. The van der Waals surface area contributed by atoms with Crippen molar-refractivity contribution in [2.45, 2.75) is 0 Å². The van der Waals surface area contributed by atoms with E-state index < -0.39 is 0 Å². The van der Waals surface area contributed by atoms with Crippen molar-refractivity contribution in [1.82, 2.24) is 4.98 Å². The molecule has 0 radical (unpaired) electrons. The number of benzene rings is 3. The van der Waals surface area contributed by atoms with Gasteiger partial charge in [-0.15, -0.1) is 0 Å². The Hall–Kier alpha value is -3.87. The molecular weight excluding hydrogens is 375 g/mol. The van der Waals surface area contributed by atoms with Gasteiger partial charge in [0.15, 0.2) is 17.1 Å². The van der Waals surface area contributed by atoms with Gasteiger partial charge in [-0.25, -0.2) is 9.37 Å². The smallest absolute Gasteiger partial charge is 0.255 e. The number of carbonyl (C=O) groups excluding carboxylic acids is 1. The molecule has 3 aromatic carbocycles. The van der Waals surface area contributed by atoms with Gasteiger partial charge in [-0.1, -0.05) is 6.07 Å². The molecule has 6 nitrogen and oxygen atoms in total. The maximum atomic E-state index is 13.4. The number of nitrogens with one attached hydrogen (secondary N) is 1. The summed E-state index contributed by atoms with van der Waals surface area (Å²) >= 11 is 0. The van der Waals surface area contributed by atoms with Crippen molar-refractivity contribution < 1.29 is 23.1 Å². The van der Waals surface area contributed by atoms with Gasteiger partial charge in [0.25, 0.3) is 5.91 Å². The lowest BCUT2D eigenvalue weighted by molar-refractivity contribution is 0.102. The highest BCUT2D eigenvalue weighted by molar-refractivity contribution is 6.05. The summed E-state index contributed by atoms with van der Waals surface area (Å²) in [6.45, 7) is 0.947. The quantitative estimate of drug-likeness (QED) is 0.551. The van der Waals surface area contributed by atoms with E-state index in [0.29, 0.717) is 58.5 Å². The van der Waals surface area contributed by atoms with Crippen LogP contribution in [0.5, 0.6) is 11.5 Å². The summed E-state index contributed by atoms with van der Waals surface area (Å²) in [6.07, 6.45) is 0. The van der Waals surface area contributed by atoms with Crippen LogP contribution in [-0.4, -0.2) is 24.1 Å². The Labute approximate surface area is 164 Å². The number of amides is 1. The summed E-state index contributed by atoms with van der Waals surface area (Å²) in [5, 5.41) is 2.84. The number of carbonyl (C=O) groups is 1. The van der Waals surface area contributed by atoms with E-state index in [4.69, 9.17) is 13.9 Å². The number of oxazole rings is 1. The fourth-order valence-corrected chi connectivity index (χ4v) is 3.14. The molecule has 1 amide bonds. The van der Waals surface area contributed by atoms with Crippen LogP contribution in [0, 0.1) is 5.82 Å². The van der Waals surface area contributed by atoms with Gasteiger partial charge >= 0.3 is 0 Å². The van der Waals surface area contributed by atoms with Crippen LogP contribution in [0.15, 0.2) is 65.1 Å². The Morgan fingerprint density at radius 1 is 0.966 bits per heavy atom. The Bertz CT molecular complexity index is 1230. The summed E-state index contributed by atoms with van der Waals surface area (Å²) in [7, 11) is 0. The van der Waals surface area contributed by atoms with Crippen molar-refractivity contribution in [2.24, 2.45) is 0 Å². The van der Waals surface area contributed by atoms with Gasteiger partial charge in [-0.05, 0) is 54.6 Å². The number of fused-ring (bicyclic) bond motifs is 2. The number of hydrogen-bond donors (Lipinski definition) is 1. The molecule has 144 valence electrons. The van der Waals surface area contributed by atoms with Gasteiger partial charge in [0.2, 0.25) is 5.89 Å². The fraction of sp³-hybridized carbons (Fsp3) is 0.0909. The van der Waals surface area contributed by atoms with Gasteiger partial charge in [0, 0.05) is 16.8 Å². The molecule has 1 N–H and O–H groups in total. The predicted molar refractivity (Wildman–Crippen MR) is 105 cm³/mol. The van der Waals surface area contributed by atoms with Crippen LogP contribution in [0.4, 0.5) is 10.1 Å². The van der Waals surface area contributed by atoms with E-state index in [-0.39, 0.29) is 11.7 Å². The molecule has 1 aliphatic rings. The second-order valence-electron chi connectivity index (χ2n) is 6.52. The summed E-state index contributed by atoms with van der Waals surface area (Å²) in [5.41, 5.74) is 2.67. The van der Waals surface area contributed by atoms with Crippen LogP contribution in [0.2, 0.25) is 0 Å². The molecule has 0 aliphatic carbocycles. The minimum Gasteiger partial charge on any atom is -0.486 e. The van der Waals surface area contributed by atoms with Crippen LogP contribution >= 0.6 is 0 Å². The Morgan fingerprint density at radius 2 is 1.83 bits per heavy atom. The van der Waals surface area contributed by atoms with Crippen molar-refractivity contribution in [3.8, 4) is 23.0 Å². The Balaban J connectivity index is 1.40. The third-order valence-corrected chi connectivity index (χ3v) is 4.52. The van der Waals surface area contributed by atoms with Crippen molar-refractivity contribution in [3.05, 3.63) is 72.0 Å². The zero-order valence-corrected chi connectivity index (χ0v) is 15.1. The van der Waals surface area contributed by atoms with Crippen LogP contribution in [0.1, 0.15) is 10.4 Å². The Kier molecular flexibility index (Phi) is 4.13. The summed E-state index contributed by atoms with van der Waals surface area (Å²) in [4.78, 5) is 17.0. The first-order valence-corrected chi connectivity index (χ1v) is 9.03. The van der Waals surface area contributed by atoms with E-state index in [9.17, 15) is 9.18 Å². The molecule has 7 heteroatoms. The van der Waals surface area contributed by atoms with Crippen molar-refractivity contribution >= 4 is 22.7 Å². The van der Waals surface area contributed by atoms with Crippen LogP contribution in [0.3, 0.4) is 0 Å². The van der Waals surface area contributed by atoms with E-state index in [1.807, 2.05) is 0 Å². The number of aromatic nitrogens is 1. The lowest BCUT2D eigenvalue weighted by Gasteiger charge is -2.18. The molecule has 0 bridgehead atoms. The standard InChI is InChI=1S/C22H15FN2O4/c23-15-3-1-2-14(10-15)22-25-17-12-16(5-7-18(17)29-22)24-21(26)13-4-6-19-20(11-13)28-9-8-27-19/h1-7,10-12H,8-9H2,(H,24,26). The summed E-state index contributed by atoms with van der Waals surface area (Å²) in [5.74, 6) is 0.847. The fourth-order valence-electron chi connectivity index (χ4n) is 3.14. The molecule has 0 unspecified atom stereocenters. The molecule has 29 heavy (non-hydrogen) atoms. The maximum Gasteiger partial charge on any atom is 0.255 e. The third-order valence-electron chi connectivity index (χ3n) is 4.52. The molecule has 4 aromatic rings. The van der Waals surface area contributed by atoms with Crippen LogP contribution in [0.25, 0.3) is 22.6 Å². The van der Waals surface area contributed by atoms with Crippen molar-refractivity contribution in [2.75, 3.05) is 18.5 Å². The lowest BCUT2D eigenvalue weighted by atomic mass is 10.1. The number of nitrogens with zero attached hydrogens (tertiary/aromatic N) is 1. The lowest BCUT2D eigenvalue weighted by Crippen LogP contribution is -2.17. The van der Waals surface area contributed by atoms with Crippen molar-refractivity contribution in [3.63, 3.8) is 0 Å². The first kappa shape index (κ1) is 17.2. The first-order valence-electron chi connectivity index (χ1n) is 9.03. The molecule has 0 atom stereocenters. The normalized spacial score (nSPS) is 12.7. The second kappa shape index (κ2) is 6.94. The third kappa shape index (κ3) is 3.38. The van der Waals surface area contributed by atoms with Gasteiger partial charge in [-0.3, -0.25) is 4.79 Å². The molecule has 0 saturated carbocycles. The maximum absolute atomic E-state index is 13.4. The Morgan fingerprint density at radius 3 is 2.69 bits per heavy atom. The van der Waals surface area contributed by atoms with E-state index in [1.54, 1.807) is 48.5 Å². The van der Waals surface area contributed by atoms with E-state index >= 15 is 0 Å². The minimum absolute atomic E-state index is 0.282. The first-order chi connectivity index (χ1) is 14.2. The number of hydrogen-bond acceptors (Lipinski definition) is 5. The predicted octanol–water partition coefficient (Wildman–Crippen LogP) is 4.66. The van der Waals surface area contributed by atoms with Crippen LogP contribution < -0.4 is 14.8 Å². The zero-order valence-electron chi connectivity index (χ0n) is 15.1. The highest BCUT2D eigenvalue weighted by Gasteiger charge is 2.16. The molecule has 1 aromatic heterocycles. The van der Waals surface area contributed by atoms with E-state index in [0.717, 1.165) is 0 Å². The molecule has 0 spiro atoms. The summed E-state index contributed by atoms with van der Waals surface area (Å²) in [6, 6.07) is 16.2. The van der Waals surface area contributed by atoms with E-state index in [1.165, 1.54) is 12.1 Å². The second-order valence-corrected chi connectivity index (χ2v) is 6.52. The average Bonchev–Trinajstić information content (AvgIpc) is 3.17. The average molecular weight is 390 g/mol. The molecule has 0 saturated heterocycles. The number of anilines is 1. The summed E-state index contributed by atoms with van der Waals surface area (Å²) < 4.78 is 30.1. The van der Waals surface area contributed by atoms with E-state index in [2.05, 4.69) is 10.3 Å². The topological polar surface area (TPSA) is 73.6 Å². The molecule has 1 aliphatic heterocycles. The number of halogens is 1. The van der Waals surface area contributed by atoms with Gasteiger partial charge in [0.05, 0.1) is 0 Å². The molecule has 0 fully saturated rings. The van der Waals surface area contributed by atoms with Gasteiger partial charge in [-0.2, -0.15) is 0 Å². The highest BCUT2D eigenvalue weighted by Crippen LogP contribution is 2.31. The highest BCUT2D eigenvalue weighted by atomic mass is 19.1. The van der Waals surface area contributed by atoms with Gasteiger partial charge < -0.3 is 19.2 Å². The van der Waals surface area contributed by atoms with Crippen molar-refractivity contribution in [1.29, 1.82) is 0 Å². The molecular formula is C22H15FN2O4. The minimum atomic E-state index is -0.364. The molecule has 5 rings (SSSR count). The SMILES string of the molecule is O=C(Nc1ccc2oc(-c3cccc(F)c3)nc2c1)c1ccc2c(c1)OCCO2. The van der Waals surface area contributed by atoms with Gasteiger partial charge in [0.1, 0.15) is 24.5 Å².